The molecule has 0 saturated heterocycles. The van der Waals surface area contributed by atoms with E-state index in [0.29, 0.717) is 5.56 Å². The number of phenols is 1. The molecule has 4 aliphatic carbocycles. The number of benzene rings is 2. The van der Waals surface area contributed by atoms with Crippen molar-refractivity contribution in [2.45, 2.75) is 37.7 Å². The Kier molecular flexibility index (Phi) is 7.66. The zero-order valence-corrected chi connectivity index (χ0v) is 27.2. The number of carboxylic acid groups (broad SMARTS) is 1. The summed E-state index contributed by atoms with van der Waals surface area (Å²) in [6, 6.07) is 12.2. The summed E-state index contributed by atoms with van der Waals surface area (Å²) in [6.45, 7) is 1.22. The van der Waals surface area contributed by atoms with Gasteiger partial charge in [0.1, 0.15) is 35.0 Å². The summed E-state index contributed by atoms with van der Waals surface area (Å²) >= 11 is 0. The van der Waals surface area contributed by atoms with Gasteiger partial charge in [-0.05, 0) is 35.4 Å². The van der Waals surface area contributed by atoms with E-state index in [2.05, 4.69) is 9.98 Å². The number of aromatic nitrogens is 1. The Labute approximate surface area is 288 Å². The number of carbonyl (C=O) groups excluding carboxylic acids is 1. The summed E-state index contributed by atoms with van der Waals surface area (Å²) in [4.78, 5) is 97.5. The quantitative estimate of drug-likeness (QED) is 0.151. The van der Waals surface area contributed by atoms with Gasteiger partial charge < -0.3 is 34.9 Å². The van der Waals surface area contributed by atoms with Gasteiger partial charge >= 0.3 is 12.1 Å². The number of fused-ring (bicyclic) bond motifs is 4. The number of hydrogen-bond acceptors (Lipinski definition) is 12. The van der Waals surface area contributed by atoms with Crippen molar-refractivity contribution in [3.8, 4) is 11.5 Å². The van der Waals surface area contributed by atoms with Crippen molar-refractivity contribution in [3.05, 3.63) is 143 Å². The number of ether oxygens (including phenoxy) is 2. The Balaban J connectivity index is 1.37. The minimum atomic E-state index is -2.09. The number of methoxy groups -OCH3 is 1. The standard InChI is InChI=1S/C37H26N2O13/c1-14(27(35(48)49)39-36(50)52-13-15-6-4-3-5-7-15)18-11-17-10-16-8-9-37(26(16)31(44)21(17)34(47)38-18)32(45)24-25(33(37)46)30(43)23-22(29(24)42)19(40)12-20(51-2)28(23)41/h3-7,10-12,14,44-46H,8-9,13H2,1-2H3,(H,38,47)(H,48,49). The zero-order valence-electron chi connectivity index (χ0n) is 27.2. The molecule has 1 spiro atoms. The number of carboxylic acids is 1. The third kappa shape index (κ3) is 4.66. The Morgan fingerprint density at radius 2 is 1.56 bits per heavy atom. The van der Waals surface area contributed by atoms with E-state index >= 15 is 0 Å². The number of carbonyl (C=O) groups is 2. The van der Waals surface area contributed by atoms with Gasteiger partial charge in [-0.2, -0.15) is 4.99 Å². The molecule has 0 aliphatic heterocycles. The summed E-state index contributed by atoms with van der Waals surface area (Å²) in [7, 11) is 1.09. The van der Waals surface area contributed by atoms with Crippen LogP contribution in [0.25, 0.3) is 22.3 Å². The summed E-state index contributed by atoms with van der Waals surface area (Å²) in [5, 5.41) is 41.6. The van der Waals surface area contributed by atoms with Gasteiger partial charge in [0.25, 0.3) is 5.56 Å². The Morgan fingerprint density at radius 1 is 0.904 bits per heavy atom. The van der Waals surface area contributed by atoms with Gasteiger partial charge in [-0.3, -0.25) is 24.0 Å². The normalized spacial score (nSPS) is 17.1. The van der Waals surface area contributed by atoms with E-state index in [1.807, 2.05) is 0 Å². The summed E-state index contributed by atoms with van der Waals surface area (Å²) in [5.41, 5.74) is -7.36. The van der Waals surface area contributed by atoms with Crippen LogP contribution in [0.2, 0.25) is 0 Å². The van der Waals surface area contributed by atoms with Crippen molar-refractivity contribution in [1.82, 2.24) is 4.98 Å². The molecule has 1 heterocycles. The first kappa shape index (κ1) is 33.6. The predicted octanol–water partition coefficient (Wildman–Crippen LogP) is 0.480. The number of aliphatic carboxylic acids is 1. The minimum absolute atomic E-state index is 0.00889. The number of phenolic OH excluding ortho intramolecular Hbond substituents is 1. The molecule has 1 amide bonds. The van der Waals surface area contributed by atoms with E-state index < -0.39 is 100 Å². The molecule has 15 heteroatoms. The lowest BCUT2D eigenvalue weighted by Crippen LogP contribution is -2.51. The van der Waals surface area contributed by atoms with E-state index in [0.717, 1.165) is 13.2 Å². The van der Waals surface area contributed by atoms with Crippen molar-refractivity contribution in [2.75, 3.05) is 7.11 Å². The minimum Gasteiger partial charge on any atom is -0.510 e. The van der Waals surface area contributed by atoms with E-state index in [4.69, 9.17) is 9.47 Å². The third-order valence-corrected chi connectivity index (χ3v) is 9.79. The molecule has 2 atom stereocenters. The lowest BCUT2D eigenvalue weighted by molar-refractivity contribution is -0.129. The molecule has 3 aromatic rings. The lowest BCUT2D eigenvalue weighted by atomic mass is 9.78. The van der Waals surface area contributed by atoms with Crippen LogP contribution in [0.1, 0.15) is 41.6 Å². The summed E-state index contributed by atoms with van der Waals surface area (Å²) < 4.78 is 9.98. The number of rotatable bonds is 6. The zero-order chi connectivity index (χ0) is 37.4. The highest BCUT2D eigenvalue weighted by molar-refractivity contribution is 6.39. The molecule has 0 fully saturated rings. The van der Waals surface area contributed by atoms with Gasteiger partial charge in [0.2, 0.25) is 16.3 Å². The van der Waals surface area contributed by atoms with Crippen LogP contribution in [0.5, 0.6) is 11.5 Å². The van der Waals surface area contributed by atoms with E-state index in [-0.39, 0.29) is 47.0 Å². The van der Waals surface area contributed by atoms with Gasteiger partial charge in [-0.1, -0.05) is 43.3 Å². The molecule has 262 valence electrons. The molecule has 0 saturated carbocycles. The molecule has 2 aromatic carbocycles. The van der Waals surface area contributed by atoms with Crippen LogP contribution in [0.15, 0.2) is 77.5 Å². The first-order chi connectivity index (χ1) is 24.7. The smallest absolute Gasteiger partial charge is 0.434 e. The topological polar surface area (TPSA) is 247 Å². The number of aryl methyl sites for hydroxylation is 1. The van der Waals surface area contributed by atoms with Gasteiger partial charge in [-0.15, -0.1) is 0 Å². The van der Waals surface area contributed by atoms with E-state index in [9.17, 15) is 54.0 Å². The predicted molar refractivity (Wildman–Crippen MR) is 183 cm³/mol. The maximum Gasteiger partial charge on any atom is 0.434 e. The number of aromatic hydroxyl groups is 1. The van der Waals surface area contributed by atoms with Crippen molar-refractivity contribution < 1.29 is 39.5 Å². The summed E-state index contributed by atoms with van der Waals surface area (Å²) in [5.74, 6) is -5.64. The highest BCUT2D eigenvalue weighted by Gasteiger charge is 2.53. The van der Waals surface area contributed by atoms with Gasteiger partial charge in [0.05, 0.1) is 33.4 Å². The Morgan fingerprint density at radius 3 is 2.19 bits per heavy atom. The van der Waals surface area contributed by atoms with Crippen LogP contribution in [0.4, 0.5) is 4.79 Å². The number of aliphatic hydroxyl groups excluding tert-OH is 2. The van der Waals surface area contributed by atoms with Crippen LogP contribution >= 0.6 is 0 Å². The molecule has 5 N–H and O–H groups in total. The fourth-order valence-corrected chi connectivity index (χ4v) is 7.33. The fourth-order valence-electron chi connectivity index (χ4n) is 7.33. The van der Waals surface area contributed by atoms with E-state index in [1.165, 1.54) is 19.1 Å². The number of nitrogens with one attached hydrogen (secondary N) is 1. The van der Waals surface area contributed by atoms with Gasteiger partial charge in [-0.25, -0.2) is 9.59 Å². The first-order valence-electron chi connectivity index (χ1n) is 15.7. The largest absolute Gasteiger partial charge is 0.510 e. The second kappa shape index (κ2) is 11.9. The maximum absolute atomic E-state index is 13.7. The number of aromatic amines is 1. The number of hydrogen-bond donors (Lipinski definition) is 5. The van der Waals surface area contributed by atoms with Gasteiger partial charge in [0.15, 0.2) is 11.2 Å². The monoisotopic (exact) mass is 706 g/mol. The van der Waals surface area contributed by atoms with Gasteiger partial charge in [0, 0.05) is 23.2 Å². The third-order valence-electron chi connectivity index (χ3n) is 9.79. The molecule has 7 rings (SSSR count). The first-order valence-corrected chi connectivity index (χ1v) is 15.7. The van der Waals surface area contributed by atoms with Crippen LogP contribution in [0, 0.1) is 10.4 Å². The lowest BCUT2D eigenvalue weighted by Gasteiger charge is -2.27. The van der Waals surface area contributed by atoms with E-state index in [1.54, 1.807) is 30.3 Å². The highest BCUT2D eigenvalue weighted by Crippen LogP contribution is 2.54. The van der Waals surface area contributed by atoms with Crippen LogP contribution in [0.3, 0.4) is 0 Å². The average molecular weight is 707 g/mol. The van der Waals surface area contributed by atoms with Crippen molar-refractivity contribution in [3.63, 3.8) is 0 Å². The number of amides is 1. The van der Waals surface area contributed by atoms with Crippen LogP contribution in [-0.2, 0) is 28.0 Å². The van der Waals surface area contributed by atoms with Crippen LogP contribution < -0.4 is 42.4 Å². The fraction of sp³-hybridized carbons (Fsp3) is 0.189. The molecular formula is C37H26N2O13. The number of pyridine rings is 1. The van der Waals surface area contributed by atoms with Crippen molar-refractivity contribution >= 4 is 40.1 Å². The number of H-pyrrole nitrogens is 1. The van der Waals surface area contributed by atoms with Crippen molar-refractivity contribution in [2.24, 2.45) is 4.99 Å². The maximum atomic E-state index is 13.7. The van der Waals surface area contributed by atoms with Crippen molar-refractivity contribution in [1.29, 1.82) is 0 Å². The Hall–Kier alpha value is -6.90. The molecule has 2 unspecified atom stereocenters. The molecule has 0 radical (unpaired) electrons. The highest BCUT2D eigenvalue weighted by atomic mass is 16.5. The molecule has 4 aliphatic rings. The second-order valence-electron chi connectivity index (χ2n) is 12.5. The molecular weight excluding hydrogens is 680 g/mol. The molecule has 15 nitrogen and oxygen atoms in total. The SMILES string of the molecule is COc1cc(=O)c2c(=O)c3c(c(=O)c=2c1=O)=C(O)C1(CCc2cc4cc(C(C)C(=NC(=O)OCc5ccccc5)C(=O)O)[nH]c(=O)c4c(O)c21)C=3O. The molecule has 1 aromatic heterocycles. The van der Waals surface area contributed by atoms with Crippen LogP contribution in [-0.4, -0.2) is 50.3 Å². The summed E-state index contributed by atoms with van der Waals surface area (Å²) in [6.07, 6.45) is -1.34. The average Bonchev–Trinajstić information content (AvgIpc) is 3.61. The number of nitrogens with zero attached hydrogens (tertiary/aromatic N) is 1. The second-order valence-corrected chi connectivity index (χ2v) is 12.5. The number of aliphatic imine (C=N–C) groups is 1. The molecule has 52 heavy (non-hydrogen) atoms. The molecule has 0 bridgehead atoms. The Bertz CT molecular complexity index is 2940. The number of aliphatic hydroxyl groups is 2.